The number of methoxy groups -OCH3 is 1. The van der Waals surface area contributed by atoms with Crippen molar-refractivity contribution < 1.29 is 14.3 Å². The average Bonchev–Trinajstić information content (AvgIpc) is 2.55. The summed E-state index contributed by atoms with van der Waals surface area (Å²) in [5.74, 6) is 1.35. The molecular weight excluding hydrogens is 280 g/mol. The van der Waals surface area contributed by atoms with Gasteiger partial charge in [0.2, 0.25) is 0 Å². The van der Waals surface area contributed by atoms with Crippen LogP contribution in [0.2, 0.25) is 0 Å². The van der Waals surface area contributed by atoms with Crippen LogP contribution >= 0.6 is 0 Å². The van der Waals surface area contributed by atoms with Gasteiger partial charge in [0.1, 0.15) is 6.61 Å². The number of para-hydroxylation sites is 1. The standard InChI is InChI=1S/C17H22N2O3/c1-11-14(6-4-8-18-11)19-17(20)13-9-12-5-3-7-15(21-2)16(12)22-10-13/h3,5,7,9,11,14,18H,4,6,8,10H2,1-2H3,(H,19,20). The van der Waals surface area contributed by atoms with Crippen molar-refractivity contribution >= 4 is 12.0 Å². The summed E-state index contributed by atoms with van der Waals surface area (Å²) in [5, 5.41) is 6.51. The van der Waals surface area contributed by atoms with E-state index in [0.717, 1.165) is 24.9 Å². The van der Waals surface area contributed by atoms with E-state index >= 15 is 0 Å². The smallest absolute Gasteiger partial charge is 0.250 e. The molecule has 0 bridgehead atoms. The third kappa shape index (κ3) is 2.95. The minimum atomic E-state index is -0.0472. The van der Waals surface area contributed by atoms with Crippen LogP contribution in [0.15, 0.2) is 23.8 Å². The van der Waals surface area contributed by atoms with Gasteiger partial charge in [0.25, 0.3) is 5.91 Å². The van der Waals surface area contributed by atoms with Crippen molar-refractivity contribution in [2.45, 2.75) is 31.8 Å². The predicted molar refractivity (Wildman–Crippen MR) is 85.1 cm³/mol. The van der Waals surface area contributed by atoms with Gasteiger partial charge in [-0.25, -0.2) is 0 Å². The first kappa shape index (κ1) is 14.9. The lowest BCUT2D eigenvalue weighted by Gasteiger charge is -2.31. The lowest BCUT2D eigenvalue weighted by atomic mass is 9.99. The fraction of sp³-hybridized carbons (Fsp3) is 0.471. The minimum Gasteiger partial charge on any atom is -0.493 e. The van der Waals surface area contributed by atoms with E-state index in [1.807, 2.05) is 24.3 Å². The van der Waals surface area contributed by atoms with Gasteiger partial charge >= 0.3 is 0 Å². The summed E-state index contributed by atoms with van der Waals surface area (Å²) in [5.41, 5.74) is 1.53. The second-order valence-corrected chi connectivity index (χ2v) is 5.80. The summed E-state index contributed by atoms with van der Waals surface area (Å²) < 4.78 is 11.0. The molecule has 2 unspecified atom stereocenters. The average molecular weight is 302 g/mol. The summed E-state index contributed by atoms with van der Waals surface area (Å²) in [4.78, 5) is 12.5. The van der Waals surface area contributed by atoms with Crippen LogP contribution in [-0.4, -0.2) is 38.3 Å². The fourth-order valence-electron chi connectivity index (χ4n) is 2.97. The highest BCUT2D eigenvalue weighted by atomic mass is 16.5. The van der Waals surface area contributed by atoms with Gasteiger partial charge in [0.05, 0.1) is 12.7 Å². The van der Waals surface area contributed by atoms with Crippen molar-refractivity contribution in [2.75, 3.05) is 20.3 Å². The van der Waals surface area contributed by atoms with Crippen molar-refractivity contribution in [3.8, 4) is 11.5 Å². The highest BCUT2D eigenvalue weighted by molar-refractivity contribution is 5.99. The van der Waals surface area contributed by atoms with Crippen LogP contribution in [0.1, 0.15) is 25.3 Å². The van der Waals surface area contributed by atoms with Crippen molar-refractivity contribution in [1.82, 2.24) is 10.6 Å². The Labute approximate surface area is 130 Å². The van der Waals surface area contributed by atoms with Crippen molar-refractivity contribution in [3.05, 3.63) is 29.3 Å². The molecule has 0 saturated carbocycles. The van der Waals surface area contributed by atoms with E-state index in [2.05, 4.69) is 17.6 Å². The first-order valence-electron chi connectivity index (χ1n) is 7.73. The normalized spacial score (nSPS) is 23.8. The van der Waals surface area contributed by atoms with Crippen molar-refractivity contribution in [1.29, 1.82) is 0 Å². The van der Waals surface area contributed by atoms with Crippen LogP contribution in [0.5, 0.6) is 11.5 Å². The second-order valence-electron chi connectivity index (χ2n) is 5.80. The maximum Gasteiger partial charge on any atom is 0.250 e. The molecule has 1 aromatic rings. The Morgan fingerprint density at radius 2 is 2.32 bits per heavy atom. The molecule has 0 aliphatic carbocycles. The topological polar surface area (TPSA) is 59.6 Å². The predicted octanol–water partition coefficient (Wildman–Crippen LogP) is 1.73. The van der Waals surface area contributed by atoms with E-state index in [1.165, 1.54) is 0 Å². The van der Waals surface area contributed by atoms with Gasteiger partial charge in [-0.2, -0.15) is 0 Å². The summed E-state index contributed by atoms with van der Waals surface area (Å²) in [6.45, 7) is 3.40. The second kappa shape index (κ2) is 6.40. The molecule has 0 radical (unpaired) electrons. The number of rotatable bonds is 3. The molecule has 0 aromatic heterocycles. The Kier molecular flexibility index (Phi) is 4.34. The number of hydrogen-bond donors (Lipinski definition) is 2. The number of fused-ring (bicyclic) bond motifs is 1. The van der Waals surface area contributed by atoms with Crippen molar-refractivity contribution in [2.24, 2.45) is 0 Å². The maximum atomic E-state index is 12.5. The molecule has 2 heterocycles. The van der Waals surface area contributed by atoms with Crippen LogP contribution in [0.4, 0.5) is 0 Å². The molecule has 1 saturated heterocycles. The number of ether oxygens (including phenoxy) is 2. The highest BCUT2D eigenvalue weighted by Gasteiger charge is 2.25. The summed E-state index contributed by atoms with van der Waals surface area (Å²) in [7, 11) is 1.61. The van der Waals surface area contributed by atoms with E-state index in [0.29, 0.717) is 23.1 Å². The molecule has 2 aliphatic rings. The van der Waals surface area contributed by atoms with Gasteiger partial charge in [-0.1, -0.05) is 12.1 Å². The van der Waals surface area contributed by atoms with Crippen LogP contribution in [0, 0.1) is 0 Å². The molecule has 22 heavy (non-hydrogen) atoms. The summed E-state index contributed by atoms with van der Waals surface area (Å²) in [6.07, 6.45) is 3.99. The molecule has 0 spiro atoms. The van der Waals surface area contributed by atoms with E-state index < -0.39 is 0 Å². The maximum absolute atomic E-state index is 12.5. The van der Waals surface area contributed by atoms with E-state index in [4.69, 9.17) is 9.47 Å². The quantitative estimate of drug-likeness (QED) is 0.893. The number of hydrogen-bond acceptors (Lipinski definition) is 4. The lowest BCUT2D eigenvalue weighted by Crippen LogP contribution is -2.52. The Hall–Kier alpha value is -2.01. The Bertz CT molecular complexity index is 598. The molecule has 2 N–H and O–H groups in total. The number of nitrogens with one attached hydrogen (secondary N) is 2. The van der Waals surface area contributed by atoms with Crippen LogP contribution in [-0.2, 0) is 4.79 Å². The molecular formula is C17H22N2O3. The SMILES string of the molecule is COc1cccc2c1OCC(C(=O)NC1CCCNC1C)=C2. The summed E-state index contributed by atoms with van der Waals surface area (Å²) >= 11 is 0. The van der Waals surface area contributed by atoms with Crippen LogP contribution in [0.25, 0.3) is 6.08 Å². The van der Waals surface area contributed by atoms with Gasteiger partial charge < -0.3 is 20.1 Å². The molecule has 1 aromatic carbocycles. The van der Waals surface area contributed by atoms with Crippen LogP contribution < -0.4 is 20.1 Å². The summed E-state index contributed by atoms with van der Waals surface area (Å²) in [6, 6.07) is 6.15. The zero-order valence-electron chi connectivity index (χ0n) is 13.0. The molecule has 5 nitrogen and oxygen atoms in total. The number of benzene rings is 1. The number of piperidine rings is 1. The number of carbonyl (C=O) groups is 1. The van der Waals surface area contributed by atoms with E-state index in [-0.39, 0.29) is 18.6 Å². The first-order chi connectivity index (χ1) is 10.7. The number of carbonyl (C=O) groups excluding carboxylic acids is 1. The van der Waals surface area contributed by atoms with Gasteiger partial charge in [0.15, 0.2) is 11.5 Å². The Morgan fingerprint density at radius 1 is 1.45 bits per heavy atom. The first-order valence-corrected chi connectivity index (χ1v) is 7.73. The third-order valence-corrected chi connectivity index (χ3v) is 4.30. The zero-order chi connectivity index (χ0) is 15.5. The molecule has 1 fully saturated rings. The third-order valence-electron chi connectivity index (χ3n) is 4.30. The molecule has 1 amide bonds. The van der Waals surface area contributed by atoms with Gasteiger partial charge in [-0.05, 0) is 38.5 Å². The van der Waals surface area contributed by atoms with Gasteiger partial charge in [-0.3, -0.25) is 4.79 Å². The molecule has 118 valence electrons. The molecule has 5 heteroatoms. The fourth-order valence-corrected chi connectivity index (χ4v) is 2.97. The largest absolute Gasteiger partial charge is 0.493 e. The monoisotopic (exact) mass is 302 g/mol. The lowest BCUT2D eigenvalue weighted by molar-refractivity contribution is -0.118. The van der Waals surface area contributed by atoms with Crippen LogP contribution in [0.3, 0.4) is 0 Å². The van der Waals surface area contributed by atoms with E-state index in [9.17, 15) is 4.79 Å². The van der Waals surface area contributed by atoms with Gasteiger partial charge in [-0.15, -0.1) is 0 Å². The molecule has 3 rings (SSSR count). The van der Waals surface area contributed by atoms with Gasteiger partial charge in [0, 0.05) is 17.6 Å². The zero-order valence-corrected chi connectivity index (χ0v) is 13.0. The Balaban J connectivity index is 1.74. The van der Waals surface area contributed by atoms with E-state index in [1.54, 1.807) is 7.11 Å². The highest BCUT2D eigenvalue weighted by Crippen LogP contribution is 2.35. The number of amides is 1. The van der Waals surface area contributed by atoms with Crippen molar-refractivity contribution in [3.63, 3.8) is 0 Å². The Morgan fingerprint density at radius 3 is 3.09 bits per heavy atom. The molecule has 2 atom stereocenters. The molecule has 2 aliphatic heterocycles. The minimum absolute atomic E-state index is 0.0472.